The monoisotopic (exact) mass is 292 g/mol. The first-order chi connectivity index (χ1) is 8.79. The van der Waals surface area contributed by atoms with Crippen molar-refractivity contribution in [1.29, 1.82) is 0 Å². The number of sulfone groups is 1. The molecule has 2 N–H and O–H groups in total. The molecule has 2 amide bonds. The predicted molar refractivity (Wildman–Crippen MR) is 69.7 cm³/mol. The molecule has 1 aliphatic heterocycles. The minimum atomic E-state index is -3.10. The lowest BCUT2D eigenvalue weighted by molar-refractivity contribution is -0.141. The SMILES string of the molecule is CCC(C(=O)O)N(C)C(=O)NCC1CCCS1(=O)=O. The Bertz CT molecular complexity index is 448. The lowest BCUT2D eigenvalue weighted by Crippen LogP contribution is -2.48. The van der Waals surface area contributed by atoms with Crippen LogP contribution >= 0.6 is 0 Å². The van der Waals surface area contributed by atoms with Crippen LogP contribution in [0.3, 0.4) is 0 Å². The molecular weight excluding hydrogens is 272 g/mol. The van der Waals surface area contributed by atoms with Crippen molar-refractivity contribution in [2.24, 2.45) is 0 Å². The number of hydrogen-bond donors (Lipinski definition) is 2. The molecule has 0 radical (unpaired) electrons. The Labute approximate surface area is 112 Å². The van der Waals surface area contributed by atoms with Gasteiger partial charge in [-0.3, -0.25) is 0 Å². The summed E-state index contributed by atoms with van der Waals surface area (Å²) >= 11 is 0. The third-order valence-corrected chi connectivity index (χ3v) is 5.68. The van der Waals surface area contributed by atoms with Gasteiger partial charge in [0.1, 0.15) is 6.04 Å². The Balaban J connectivity index is 2.53. The highest BCUT2D eigenvalue weighted by Gasteiger charge is 2.32. The van der Waals surface area contributed by atoms with Crippen LogP contribution < -0.4 is 5.32 Å². The fourth-order valence-corrected chi connectivity index (χ4v) is 3.93. The number of rotatable bonds is 5. The van der Waals surface area contributed by atoms with Crippen molar-refractivity contribution in [2.75, 3.05) is 19.3 Å². The maximum absolute atomic E-state index is 11.8. The molecule has 0 aliphatic carbocycles. The summed E-state index contributed by atoms with van der Waals surface area (Å²) in [4.78, 5) is 23.8. The maximum atomic E-state index is 11.8. The summed E-state index contributed by atoms with van der Waals surface area (Å²) in [5.41, 5.74) is 0. The highest BCUT2D eigenvalue weighted by Crippen LogP contribution is 2.19. The lowest BCUT2D eigenvalue weighted by atomic mass is 10.2. The molecule has 0 aromatic rings. The van der Waals surface area contributed by atoms with Gasteiger partial charge in [-0.25, -0.2) is 18.0 Å². The van der Waals surface area contributed by atoms with Crippen LogP contribution in [0.25, 0.3) is 0 Å². The summed E-state index contributed by atoms with van der Waals surface area (Å²) in [5.74, 6) is -0.913. The van der Waals surface area contributed by atoms with Gasteiger partial charge in [0.15, 0.2) is 9.84 Å². The van der Waals surface area contributed by atoms with Crippen molar-refractivity contribution in [1.82, 2.24) is 10.2 Å². The van der Waals surface area contributed by atoms with E-state index in [0.29, 0.717) is 19.3 Å². The number of carbonyl (C=O) groups excluding carboxylic acids is 1. The molecular formula is C11H20N2O5S. The van der Waals surface area contributed by atoms with Crippen LogP contribution in [-0.4, -0.2) is 61.1 Å². The fourth-order valence-electron chi connectivity index (χ4n) is 2.17. The maximum Gasteiger partial charge on any atom is 0.326 e. The molecule has 0 aromatic heterocycles. The Kier molecular flexibility index (Phi) is 5.16. The van der Waals surface area contributed by atoms with Crippen molar-refractivity contribution in [2.45, 2.75) is 37.5 Å². The van der Waals surface area contributed by atoms with E-state index < -0.39 is 33.1 Å². The van der Waals surface area contributed by atoms with E-state index >= 15 is 0 Å². The summed E-state index contributed by atoms with van der Waals surface area (Å²) in [5, 5.41) is 10.9. The first kappa shape index (κ1) is 15.7. The second-order valence-corrected chi connectivity index (χ2v) is 7.09. The van der Waals surface area contributed by atoms with Gasteiger partial charge in [0.25, 0.3) is 0 Å². The van der Waals surface area contributed by atoms with Crippen LogP contribution in [0.15, 0.2) is 0 Å². The van der Waals surface area contributed by atoms with Gasteiger partial charge in [-0.1, -0.05) is 6.92 Å². The van der Waals surface area contributed by atoms with Crippen LogP contribution in [0.5, 0.6) is 0 Å². The second kappa shape index (κ2) is 6.23. The van der Waals surface area contributed by atoms with E-state index in [-0.39, 0.29) is 12.3 Å². The summed E-state index contributed by atoms with van der Waals surface area (Å²) in [7, 11) is -1.71. The van der Waals surface area contributed by atoms with Crippen LogP contribution in [-0.2, 0) is 14.6 Å². The summed E-state index contributed by atoms with van der Waals surface area (Å²) in [6, 6.07) is -1.46. The normalized spacial score (nSPS) is 22.7. The van der Waals surface area contributed by atoms with E-state index in [1.165, 1.54) is 7.05 Å². The zero-order valence-corrected chi connectivity index (χ0v) is 11.9. The topological polar surface area (TPSA) is 104 Å². The number of carboxylic acid groups (broad SMARTS) is 1. The minimum absolute atomic E-state index is 0.0432. The Morgan fingerprint density at radius 1 is 1.47 bits per heavy atom. The molecule has 110 valence electrons. The van der Waals surface area contributed by atoms with Gasteiger partial charge in [0.2, 0.25) is 0 Å². The first-order valence-corrected chi connectivity index (χ1v) is 7.96. The molecule has 0 aromatic carbocycles. The number of likely N-dealkylation sites (N-methyl/N-ethyl adjacent to an activating group) is 1. The molecule has 2 unspecified atom stereocenters. The number of amides is 2. The molecule has 19 heavy (non-hydrogen) atoms. The van der Waals surface area contributed by atoms with Crippen LogP contribution in [0.4, 0.5) is 4.79 Å². The molecule has 2 atom stereocenters. The molecule has 1 aliphatic rings. The summed E-state index contributed by atoms with van der Waals surface area (Å²) in [6.45, 7) is 1.71. The van der Waals surface area contributed by atoms with E-state index in [4.69, 9.17) is 5.11 Å². The molecule has 1 saturated heterocycles. The molecule has 1 rings (SSSR count). The molecule has 0 bridgehead atoms. The molecule has 8 heteroatoms. The lowest BCUT2D eigenvalue weighted by Gasteiger charge is -2.24. The first-order valence-electron chi connectivity index (χ1n) is 6.24. The van der Waals surface area contributed by atoms with Gasteiger partial charge < -0.3 is 15.3 Å². The molecule has 0 spiro atoms. The highest BCUT2D eigenvalue weighted by atomic mass is 32.2. The molecule has 0 saturated carbocycles. The standard InChI is InChI=1S/C11H20N2O5S/c1-3-9(10(14)15)13(2)11(16)12-7-8-5-4-6-19(8,17)18/h8-9H,3-7H2,1-2H3,(H,12,16)(H,14,15). The Morgan fingerprint density at radius 2 is 2.11 bits per heavy atom. The van der Waals surface area contributed by atoms with Gasteiger partial charge in [0, 0.05) is 13.6 Å². The van der Waals surface area contributed by atoms with E-state index in [0.717, 1.165) is 4.90 Å². The van der Waals surface area contributed by atoms with Crippen molar-refractivity contribution in [3.05, 3.63) is 0 Å². The second-order valence-electron chi connectivity index (χ2n) is 4.69. The number of urea groups is 1. The number of hydrogen-bond acceptors (Lipinski definition) is 4. The third kappa shape index (κ3) is 3.82. The van der Waals surface area contributed by atoms with Gasteiger partial charge >= 0.3 is 12.0 Å². The minimum Gasteiger partial charge on any atom is -0.480 e. The molecule has 7 nitrogen and oxygen atoms in total. The van der Waals surface area contributed by atoms with Gasteiger partial charge in [0.05, 0.1) is 11.0 Å². The van der Waals surface area contributed by atoms with E-state index in [1.807, 2.05) is 0 Å². The summed E-state index contributed by atoms with van der Waals surface area (Å²) in [6.07, 6.45) is 1.45. The zero-order chi connectivity index (χ0) is 14.6. The smallest absolute Gasteiger partial charge is 0.326 e. The van der Waals surface area contributed by atoms with Crippen molar-refractivity contribution in [3.63, 3.8) is 0 Å². The molecule has 1 heterocycles. The Morgan fingerprint density at radius 3 is 2.53 bits per heavy atom. The number of carbonyl (C=O) groups is 2. The summed E-state index contributed by atoms with van der Waals surface area (Å²) < 4.78 is 23.2. The van der Waals surface area contributed by atoms with Gasteiger partial charge in [-0.2, -0.15) is 0 Å². The van der Waals surface area contributed by atoms with Crippen LogP contribution in [0, 0.1) is 0 Å². The van der Waals surface area contributed by atoms with Crippen LogP contribution in [0.2, 0.25) is 0 Å². The van der Waals surface area contributed by atoms with E-state index in [1.54, 1.807) is 6.92 Å². The fraction of sp³-hybridized carbons (Fsp3) is 0.818. The predicted octanol–water partition coefficient (Wildman–Crippen LogP) is 0.0682. The number of aliphatic carboxylic acids is 1. The van der Waals surface area contributed by atoms with Crippen molar-refractivity contribution in [3.8, 4) is 0 Å². The van der Waals surface area contributed by atoms with Crippen molar-refractivity contribution < 1.29 is 23.1 Å². The van der Waals surface area contributed by atoms with E-state index in [9.17, 15) is 18.0 Å². The average molecular weight is 292 g/mol. The van der Waals surface area contributed by atoms with Crippen LogP contribution in [0.1, 0.15) is 26.2 Å². The van der Waals surface area contributed by atoms with Gasteiger partial charge in [-0.15, -0.1) is 0 Å². The van der Waals surface area contributed by atoms with E-state index in [2.05, 4.69) is 5.32 Å². The third-order valence-electron chi connectivity index (χ3n) is 3.40. The van der Waals surface area contributed by atoms with Gasteiger partial charge in [-0.05, 0) is 19.3 Å². The quantitative estimate of drug-likeness (QED) is 0.746. The van der Waals surface area contributed by atoms with Crippen molar-refractivity contribution >= 4 is 21.8 Å². The zero-order valence-electron chi connectivity index (χ0n) is 11.1. The number of carboxylic acids is 1. The number of nitrogens with one attached hydrogen (secondary N) is 1. The average Bonchev–Trinajstić information content (AvgIpc) is 2.65. The highest BCUT2D eigenvalue weighted by molar-refractivity contribution is 7.92. The number of nitrogens with zero attached hydrogens (tertiary/aromatic N) is 1. The Hall–Kier alpha value is -1.31. The largest absolute Gasteiger partial charge is 0.480 e. The molecule has 1 fully saturated rings.